The molecule has 0 spiro atoms. The van der Waals surface area contributed by atoms with E-state index in [4.69, 9.17) is 16.3 Å². The Labute approximate surface area is 216 Å². The maximum Gasteiger partial charge on any atom is 0.416 e. The lowest BCUT2D eigenvalue weighted by Crippen LogP contribution is -2.26. The molecule has 10 heteroatoms. The van der Waals surface area contributed by atoms with Gasteiger partial charge >= 0.3 is 12.1 Å². The third-order valence-electron chi connectivity index (χ3n) is 5.18. The molecule has 190 valence electrons. The minimum Gasteiger partial charge on any atom is -0.443 e. The highest BCUT2D eigenvalue weighted by Gasteiger charge is 2.32. The van der Waals surface area contributed by atoms with Gasteiger partial charge in [0.1, 0.15) is 11.6 Å². The summed E-state index contributed by atoms with van der Waals surface area (Å²) in [7, 11) is 3.73. The maximum absolute atomic E-state index is 13.1. The van der Waals surface area contributed by atoms with Gasteiger partial charge < -0.3 is 15.0 Å². The SMILES string of the molecule is CN(C)c1ccc(/C=C(\C#N)C(=O)OC(C(=O)Nc2cc(C(F)(F)F)ccc2Cl)c2ccccc2)cc1. The molecular weight excluding hydrogens is 507 g/mol. The molecule has 0 aliphatic carbocycles. The lowest BCUT2D eigenvalue weighted by Gasteiger charge is -2.19. The predicted molar refractivity (Wildman–Crippen MR) is 135 cm³/mol. The maximum atomic E-state index is 13.1. The second-order valence-electron chi connectivity index (χ2n) is 8.03. The van der Waals surface area contributed by atoms with Crippen molar-refractivity contribution in [1.82, 2.24) is 0 Å². The first-order chi connectivity index (χ1) is 17.5. The van der Waals surface area contributed by atoms with Crippen LogP contribution in [0.4, 0.5) is 24.5 Å². The number of amides is 1. The van der Waals surface area contributed by atoms with E-state index >= 15 is 0 Å². The number of carbonyl (C=O) groups is 2. The van der Waals surface area contributed by atoms with E-state index in [1.54, 1.807) is 48.5 Å². The third-order valence-corrected chi connectivity index (χ3v) is 5.51. The van der Waals surface area contributed by atoms with Crippen LogP contribution in [-0.4, -0.2) is 26.0 Å². The highest BCUT2D eigenvalue weighted by atomic mass is 35.5. The van der Waals surface area contributed by atoms with Gasteiger partial charge in [0.05, 0.1) is 16.3 Å². The van der Waals surface area contributed by atoms with Crippen molar-refractivity contribution in [3.63, 3.8) is 0 Å². The Hall–Kier alpha value is -4.29. The number of nitrogens with zero attached hydrogens (tertiary/aromatic N) is 2. The van der Waals surface area contributed by atoms with Crippen molar-refractivity contribution in [3.05, 3.63) is 100 Å². The second-order valence-corrected chi connectivity index (χ2v) is 8.44. The lowest BCUT2D eigenvalue weighted by atomic mass is 10.1. The van der Waals surface area contributed by atoms with E-state index in [-0.39, 0.29) is 21.8 Å². The highest BCUT2D eigenvalue weighted by Crippen LogP contribution is 2.34. The van der Waals surface area contributed by atoms with Crippen LogP contribution < -0.4 is 10.2 Å². The van der Waals surface area contributed by atoms with Crippen molar-refractivity contribution < 1.29 is 27.5 Å². The van der Waals surface area contributed by atoms with Crippen LogP contribution in [0.2, 0.25) is 5.02 Å². The molecule has 1 atom stereocenters. The number of nitrogens with one attached hydrogen (secondary N) is 1. The van der Waals surface area contributed by atoms with Crippen molar-refractivity contribution in [2.24, 2.45) is 0 Å². The summed E-state index contributed by atoms with van der Waals surface area (Å²) in [4.78, 5) is 27.8. The molecule has 0 fully saturated rings. The normalized spacial score (nSPS) is 12.3. The molecule has 0 bridgehead atoms. The fourth-order valence-corrected chi connectivity index (χ4v) is 3.40. The Kier molecular flexibility index (Phi) is 8.58. The zero-order valence-electron chi connectivity index (χ0n) is 19.7. The van der Waals surface area contributed by atoms with Crippen molar-refractivity contribution in [2.45, 2.75) is 12.3 Å². The molecule has 1 unspecified atom stereocenters. The summed E-state index contributed by atoms with van der Waals surface area (Å²) in [5, 5.41) is 11.7. The molecule has 0 radical (unpaired) electrons. The molecular formula is C27H21ClF3N3O3. The number of halogens is 4. The number of nitriles is 1. The number of carbonyl (C=O) groups excluding carboxylic acids is 2. The molecule has 6 nitrogen and oxygen atoms in total. The Morgan fingerprint density at radius 3 is 2.27 bits per heavy atom. The quantitative estimate of drug-likeness (QED) is 0.223. The van der Waals surface area contributed by atoms with Gasteiger partial charge in [-0.3, -0.25) is 4.79 Å². The monoisotopic (exact) mass is 527 g/mol. The topological polar surface area (TPSA) is 82.4 Å². The van der Waals surface area contributed by atoms with Crippen LogP contribution in [0.25, 0.3) is 6.08 Å². The van der Waals surface area contributed by atoms with Crippen molar-refractivity contribution >= 4 is 40.9 Å². The number of ether oxygens (including phenoxy) is 1. The van der Waals surface area contributed by atoms with E-state index in [9.17, 15) is 28.0 Å². The zero-order chi connectivity index (χ0) is 27.2. The van der Waals surface area contributed by atoms with E-state index < -0.39 is 29.7 Å². The molecule has 0 aliphatic heterocycles. The number of esters is 1. The molecule has 0 heterocycles. The van der Waals surface area contributed by atoms with Crippen LogP contribution in [-0.2, 0) is 20.5 Å². The smallest absolute Gasteiger partial charge is 0.416 e. The summed E-state index contributed by atoms with van der Waals surface area (Å²) in [5.74, 6) is -2.04. The van der Waals surface area contributed by atoms with Gasteiger partial charge in [-0.25, -0.2) is 4.79 Å². The fourth-order valence-electron chi connectivity index (χ4n) is 3.24. The first-order valence-corrected chi connectivity index (χ1v) is 11.2. The molecule has 0 saturated carbocycles. The molecule has 37 heavy (non-hydrogen) atoms. The molecule has 1 N–H and O–H groups in total. The zero-order valence-corrected chi connectivity index (χ0v) is 20.5. The summed E-state index contributed by atoms with van der Waals surface area (Å²) in [6.45, 7) is 0. The third kappa shape index (κ3) is 7.12. The molecule has 3 aromatic carbocycles. The number of alkyl halides is 3. The van der Waals surface area contributed by atoms with Gasteiger partial charge in [-0.05, 0) is 42.0 Å². The van der Waals surface area contributed by atoms with Gasteiger partial charge in [-0.1, -0.05) is 54.1 Å². The molecule has 0 aromatic heterocycles. The van der Waals surface area contributed by atoms with Crippen LogP contribution in [0.1, 0.15) is 22.8 Å². The summed E-state index contributed by atoms with van der Waals surface area (Å²) in [5.41, 5.74) is 0.00122. The van der Waals surface area contributed by atoms with E-state index in [0.717, 1.165) is 17.8 Å². The average molecular weight is 528 g/mol. The largest absolute Gasteiger partial charge is 0.443 e. The summed E-state index contributed by atoms with van der Waals surface area (Å²) in [6.07, 6.45) is -4.93. The summed E-state index contributed by atoms with van der Waals surface area (Å²) < 4.78 is 44.8. The molecule has 0 aliphatic rings. The molecule has 0 saturated heterocycles. The first-order valence-electron chi connectivity index (χ1n) is 10.8. The number of rotatable bonds is 7. The number of hydrogen-bond donors (Lipinski definition) is 1. The van der Waals surface area contributed by atoms with Gasteiger partial charge in [-0.15, -0.1) is 0 Å². The highest BCUT2D eigenvalue weighted by molar-refractivity contribution is 6.33. The van der Waals surface area contributed by atoms with Crippen molar-refractivity contribution in [3.8, 4) is 6.07 Å². The average Bonchev–Trinajstić information content (AvgIpc) is 2.87. The van der Waals surface area contributed by atoms with Crippen molar-refractivity contribution in [1.29, 1.82) is 5.26 Å². The minimum absolute atomic E-state index is 0.140. The minimum atomic E-state index is -4.66. The summed E-state index contributed by atoms with van der Waals surface area (Å²) in [6, 6.07) is 19.1. The van der Waals surface area contributed by atoms with E-state index in [0.29, 0.717) is 11.6 Å². The Balaban J connectivity index is 1.89. The van der Waals surface area contributed by atoms with Crippen LogP contribution in [0.3, 0.4) is 0 Å². The van der Waals surface area contributed by atoms with Gasteiger partial charge in [0.2, 0.25) is 6.10 Å². The van der Waals surface area contributed by atoms with Crippen LogP contribution >= 0.6 is 11.6 Å². The van der Waals surface area contributed by atoms with Gasteiger partial charge in [0, 0.05) is 25.3 Å². The Morgan fingerprint density at radius 2 is 1.70 bits per heavy atom. The van der Waals surface area contributed by atoms with Crippen LogP contribution in [0.5, 0.6) is 0 Å². The Morgan fingerprint density at radius 1 is 1.05 bits per heavy atom. The second kappa shape index (κ2) is 11.6. The number of benzene rings is 3. The number of anilines is 2. The molecule has 3 rings (SSSR count). The fraction of sp³-hybridized carbons (Fsp3) is 0.148. The Bertz CT molecular complexity index is 1350. The lowest BCUT2D eigenvalue weighted by molar-refractivity contribution is -0.150. The van der Waals surface area contributed by atoms with E-state index in [1.807, 2.05) is 19.0 Å². The van der Waals surface area contributed by atoms with Crippen molar-refractivity contribution in [2.75, 3.05) is 24.3 Å². The van der Waals surface area contributed by atoms with Crippen LogP contribution in [0, 0.1) is 11.3 Å². The standard InChI is InChI=1S/C27H21ClF3N3O3/c1-34(2)21-11-8-17(9-12-21)14-19(16-32)26(36)37-24(18-6-4-3-5-7-18)25(35)33-23-15-20(27(29,30)31)10-13-22(23)28/h3-15,24H,1-2H3,(H,33,35)/b19-14+. The van der Waals surface area contributed by atoms with Gasteiger partial charge in [0.25, 0.3) is 5.91 Å². The number of hydrogen-bond acceptors (Lipinski definition) is 5. The van der Waals surface area contributed by atoms with Gasteiger partial charge in [-0.2, -0.15) is 18.4 Å². The molecule has 3 aromatic rings. The van der Waals surface area contributed by atoms with Crippen LogP contribution in [0.15, 0.2) is 78.4 Å². The van der Waals surface area contributed by atoms with Gasteiger partial charge in [0.15, 0.2) is 0 Å². The summed E-state index contributed by atoms with van der Waals surface area (Å²) >= 11 is 6.00. The first kappa shape index (κ1) is 27.3. The predicted octanol–water partition coefficient (Wildman–Crippen LogP) is 6.25. The van der Waals surface area contributed by atoms with E-state index in [1.165, 1.54) is 18.2 Å². The van der Waals surface area contributed by atoms with E-state index in [2.05, 4.69) is 5.32 Å². The molecule has 1 amide bonds.